The van der Waals surface area contributed by atoms with Gasteiger partial charge in [-0.1, -0.05) is 30.3 Å². The monoisotopic (exact) mass is 374 g/mol. The molecule has 0 saturated carbocycles. The van der Waals surface area contributed by atoms with Gasteiger partial charge in [0, 0.05) is 26.1 Å². The van der Waals surface area contributed by atoms with Crippen molar-refractivity contribution in [3.63, 3.8) is 0 Å². The normalized spacial score (nSPS) is 17.5. The van der Waals surface area contributed by atoms with E-state index in [2.05, 4.69) is 4.72 Å². The Morgan fingerprint density at radius 1 is 1.12 bits per heavy atom. The summed E-state index contributed by atoms with van der Waals surface area (Å²) in [5.74, 6) is 0.628. The molecule has 6 nitrogen and oxygen atoms in total. The van der Waals surface area contributed by atoms with Crippen molar-refractivity contribution in [1.82, 2.24) is 9.62 Å². The second kappa shape index (κ2) is 7.88. The molecular weight excluding hydrogens is 352 g/mol. The molecule has 3 rings (SSSR count). The molecule has 1 amide bonds. The summed E-state index contributed by atoms with van der Waals surface area (Å²) >= 11 is 0. The molecule has 0 aliphatic carbocycles. The number of amides is 1. The van der Waals surface area contributed by atoms with Crippen LogP contribution in [0.5, 0.6) is 5.75 Å². The minimum absolute atomic E-state index is 0.0285. The average molecular weight is 374 g/mol. The van der Waals surface area contributed by atoms with Gasteiger partial charge in [-0.3, -0.25) is 4.79 Å². The van der Waals surface area contributed by atoms with Crippen LogP contribution in [0.4, 0.5) is 0 Å². The van der Waals surface area contributed by atoms with Crippen LogP contribution in [0.25, 0.3) is 0 Å². The largest absolute Gasteiger partial charge is 0.497 e. The Bertz CT molecular complexity index is 851. The van der Waals surface area contributed by atoms with Gasteiger partial charge in [0.15, 0.2) is 0 Å². The van der Waals surface area contributed by atoms with E-state index in [4.69, 9.17) is 4.74 Å². The van der Waals surface area contributed by atoms with Gasteiger partial charge < -0.3 is 9.64 Å². The molecule has 0 spiro atoms. The fourth-order valence-electron chi connectivity index (χ4n) is 3.01. The quantitative estimate of drug-likeness (QED) is 0.805. The Morgan fingerprint density at radius 2 is 1.81 bits per heavy atom. The van der Waals surface area contributed by atoms with Gasteiger partial charge in [-0.05, 0) is 35.7 Å². The van der Waals surface area contributed by atoms with Crippen LogP contribution in [-0.4, -0.2) is 39.4 Å². The number of hydrogen-bond acceptors (Lipinski definition) is 4. The van der Waals surface area contributed by atoms with Crippen LogP contribution in [0, 0.1) is 5.92 Å². The molecule has 1 fully saturated rings. The van der Waals surface area contributed by atoms with E-state index in [0.29, 0.717) is 25.3 Å². The number of carbonyl (C=O) groups is 1. The van der Waals surface area contributed by atoms with Gasteiger partial charge in [-0.2, -0.15) is 0 Å². The Labute approximate surface area is 153 Å². The van der Waals surface area contributed by atoms with Crippen LogP contribution in [-0.2, 0) is 21.4 Å². The van der Waals surface area contributed by atoms with E-state index in [1.165, 1.54) is 19.2 Å². The summed E-state index contributed by atoms with van der Waals surface area (Å²) in [6, 6.07) is 16.0. The van der Waals surface area contributed by atoms with Crippen molar-refractivity contribution in [2.24, 2.45) is 5.92 Å². The van der Waals surface area contributed by atoms with Gasteiger partial charge in [0.25, 0.3) is 0 Å². The van der Waals surface area contributed by atoms with E-state index < -0.39 is 10.0 Å². The number of nitrogens with zero attached hydrogens (tertiary/aromatic N) is 1. The van der Waals surface area contributed by atoms with E-state index >= 15 is 0 Å². The van der Waals surface area contributed by atoms with E-state index in [0.717, 1.165) is 5.56 Å². The predicted octanol–water partition coefficient (Wildman–Crippen LogP) is 2.02. The maximum absolute atomic E-state index is 12.4. The van der Waals surface area contributed by atoms with Crippen LogP contribution in [0.1, 0.15) is 12.0 Å². The molecule has 0 radical (unpaired) electrons. The molecule has 0 aromatic heterocycles. The molecule has 26 heavy (non-hydrogen) atoms. The number of methoxy groups -OCH3 is 1. The van der Waals surface area contributed by atoms with Gasteiger partial charge in [-0.25, -0.2) is 13.1 Å². The molecule has 0 bridgehead atoms. The lowest BCUT2D eigenvalue weighted by molar-refractivity contribution is -0.128. The van der Waals surface area contributed by atoms with E-state index in [1.54, 1.807) is 17.0 Å². The zero-order valence-corrected chi connectivity index (χ0v) is 15.4. The first-order chi connectivity index (χ1) is 12.5. The number of hydrogen-bond donors (Lipinski definition) is 1. The second-order valence-corrected chi connectivity index (χ2v) is 8.12. The minimum Gasteiger partial charge on any atom is -0.497 e. The van der Waals surface area contributed by atoms with Crippen molar-refractivity contribution < 1.29 is 17.9 Å². The summed E-state index contributed by atoms with van der Waals surface area (Å²) in [5, 5.41) is 0. The van der Waals surface area contributed by atoms with Crippen molar-refractivity contribution in [2.45, 2.75) is 17.9 Å². The molecule has 2 aromatic carbocycles. The summed E-state index contributed by atoms with van der Waals surface area (Å²) in [6.07, 6.45) is 0.359. The number of carbonyl (C=O) groups excluding carboxylic acids is 1. The van der Waals surface area contributed by atoms with Crippen molar-refractivity contribution in [3.8, 4) is 5.75 Å². The van der Waals surface area contributed by atoms with Crippen LogP contribution in [0.3, 0.4) is 0 Å². The van der Waals surface area contributed by atoms with Crippen molar-refractivity contribution in [3.05, 3.63) is 60.2 Å². The molecule has 1 heterocycles. The predicted molar refractivity (Wildman–Crippen MR) is 98.1 cm³/mol. The highest BCUT2D eigenvalue weighted by atomic mass is 32.2. The Hall–Kier alpha value is -2.38. The zero-order chi connectivity index (χ0) is 18.6. The van der Waals surface area contributed by atoms with Crippen LogP contribution in [0.15, 0.2) is 59.5 Å². The van der Waals surface area contributed by atoms with Crippen LogP contribution >= 0.6 is 0 Å². The molecule has 1 saturated heterocycles. The van der Waals surface area contributed by atoms with E-state index in [-0.39, 0.29) is 23.3 Å². The summed E-state index contributed by atoms with van der Waals surface area (Å²) in [4.78, 5) is 14.2. The minimum atomic E-state index is -3.60. The lowest BCUT2D eigenvalue weighted by atomic mass is 10.1. The molecular formula is C19H22N2O4S. The third-order valence-electron chi connectivity index (χ3n) is 4.44. The summed E-state index contributed by atoms with van der Waals surface area (Å²) < 4.78 is 32.4. The van der Waals surface area contributed by atoms with E-state index in [1.807, 2.05) is 30.3 Å². The average Bonchev–Trinajstić information content (AvgIpc) is 3.01. The second-order valence-electron chi connectivity index (χ2n) is 6.36. The molecule has 1 atom stereocenters. The summed E-state index contributed by atoms with van der Waals surface area (Å²) in [5.41, 5.74) is 1.07. The molecule has 7 heteroatoms. The first-order valence-electron chi connectivity index (χ1n) is 8.43. The van der Waals surface area contributed by atoms with Gasteiger partial charge in [0.1, 0.15) is 5.75 Å². The molecule has 1 aliphatic rings. The Morgan fingerprint density at radius 3 is 2.46 bits per heavy atom. The molecule has 1 N–H and O–H groups in total. The van der Waals surface area contributed by atoms with E-state index in [9.17, 15) is 13.2 Å². The van der Waals surface area contributed by atoms with Crippen molar-refractivity contribution >= 4 is 15.9 Å². The third-order valence-corrected chi connectivity index (χ3v) is 5.88. The number of benzene rings is 2. The topological polar surface area (TPSA) is 75.7 Å². The third kappa shape index (κ3) is 4.42. The Balaban J connectivity index is 1.56. The molecule has 2 aromatic rings. The maximum atomic E-state index is 12.4. The standard InChI is InChI=1S/C19H22N2O4S/c1-25-17-7-9-18(10-8-17)26(23,24)20-12-16-11-19(22)21(14-16)13-15-5-3-2-4-6-15/h2-10,16,20H,11-14H2,1H3. The molecule has 1 unspecified atom stereocenters. The van der Waals surface area contributed by atoms with Gasteiger partial charge in [0.2, 0.25) is 15.9 Å². The first kappa shape index (κ1) is 18.4. The number of sulfonamides is 1. The SMILES string of the molecule is COc1ccc(S(=O)(=O)NCC2CC(=O)N(Cc3ccccc3)C2)cc1. The van der Waals surface area contributed by atoms with Crippen LogP contribution < -0.4 is 9.46 Å². The first-order valence-corrected chi connectivity index (χ1v) is 9.91. The highest BCUT2D eigenvalue weighted by Gasteiger charge is 2.30. The number of likely N-dealkylation sites (tertiary alicyclic amines) is 1. The van der Waals surface area contributed by atoms with Crippen molar-refractivity contribution in [2.75, 3.05) is 20.2 Å². The van der Waals surface area contributed by atoms with Gasteiger partial charge >= 0.3 is 0 Å². The Kier molecular flexibility index (Phi) is 5.58. The van der Waals surface area contributed by atoms with Crippen LogP contribution in [0.2, 0.25) is 0 Å². The lowest BCUT2D eigenvalue weighted by Gasteiger charge is -2.17. The fraction of sp³-hybridized carbons (Fsp3) is 0.316. The summed E-state index contributed by atoms with van der Waals surface area (Å²) in [6.45, 7) is 1.35. The maximum Gasteiger partial charge on any atom is 0.240 e. The molecule has 138 valence electrons. The van der Waals surface area contributed by atoms with Crippen molar-refractivity contribution in [1.29, 1.82) is 0 Å². The number of nitrogens with one attached hydrogen (secondary N) is 1. The van der Waals surface area contributed by atoms with Gasteiger partial charge in [-0.15, -0.1) is 0 Å². The smallest absolute Gasteiger partial charge is 0.240 e. The lowest BCUT2D eigenvalue weighted by Crippen LogP contribution is -2.31. The number of ether oxygens (including phenoxy) is 1. The molecule has 1 aliphatic heterocycles. The highest BCUT2D eigenvalue weighted by molar-refractivity contribution is 7.89. The summed E-state index contributed by atoms with van der Waals surface area (Å²) in [7, 11) is -2.07. The highest BCUT2D eigenvalue weighted by Crippen LogP contribution is 2.21. The van der Waals surface area contributed by atoms with Gasteiger partial charge in [0.05, 0.1) is 12.0 Å². The number of rotatable bonds is 7. The fourth-order valence-corrected chi connectivity index (χ4v) is 4.13. The zero-order valence-electron chi connectivity index (χ0n) is 14.6.